The highest BCUT2D eigenvalue weighted by atomic mass is 32.1. The third kappa shape index (κ3) is 3.40. The molecule has 0 aromatic carbocycles. The molecule has 5 nitrogen and oxygen atoms in total. The minimum Gasteiger partial charge on any atom is -0.352 e. The summed E-state index contributed by atoms with van der Waals surface area (Å²) in [5, 5.41) is 4.31. The fourth-order valence-electron chi connectivity index (χ4n) is 3.95. The van der Waals surface area contributed by atoms with Gasteiger partial charge in [0.2, 0.25) is 0 Å². The predicted octanol–water partition coefficient (Wildman–Crippen LogP) is 4.20. The lowest BCUT2D eigenvalue weighted by Crippen LogP contribution is -2.33. The molecule has 144 valence electrons. The summed E-state index contributed by atoms with van der Waals surface area (Å²) >= 11 is 5.75. The summed E-state index contributed by atoms with van der Waals surface area (Å²) in [6.45, 7) is 7.45. The van der Waals surface area contributed by atoms with Crippen molar-refractivity contribution in [1.29, 1.82) is 0 Å². The lowest BCUT2D eigenvalue weighted by atomic mass is 10.0. The van der Waals surface area contributed by atoms with Gasteiger partial charge in [0.25, 0.3) is 0 Å². The molecule has 2 atom stereocenters. The van der Waals surface area contributed by atoms with E-state index in [0.717, 1.165) is 23.0 Å². The quantitative estimate of drug-likeness (QED) is 0.661. The van der Waals surface area contributed by atoms with E-state index >= 15 is 0 Å². The Morgan fingerprint density at radius 2 is 1.96 bits per heavy atom. The monoisotopic (exact) mass is 391 g/mol. The number of pyridine rings is 2. The molecule has 0 spiro atoms. The third-order valence-corrected chi connectivity index (χ3v) is 5.43. The van der Waals surface area contributed by atoms with E-state index in [-0.39, 0.29) is 12.1 Å². The maximum atomic E-state index is 5.75. The van der Waals surface area contributed by atoms with Crippen LogP contribution < -0.4 is 5.32 Å². The van der Waals surface area contributed by atoms with E-state index in [9.17, 15) is 0 Å². The maximum absolute atomic E-state index is 5.75. The van der Waals surface area contributed by atoms with E-state index in [1.165, 1.54) is 11.4 Å². The van der Waals surface area contributed by atoms with Gasteiger partial charge in [0.05, 0.1) is 29.7 Å². The van der Waals surface area contributed by atoms with E-state index in [1.807, 2.05) is 30.6 Å². The second kappa shape index (κ2) is 7.72. The number of hydrogen-bond acceptors (Lipinski definition) is 3. The molecule has 6 heteroatoms. The number of nitrogens with one attached hydrogen (secondary N) is 1. The van der Waals surface area contributed by atoms with Gasteiger partial charge >= 0.3 is 0 Å². The topological polar surface area (TPSA) is 46.0 Å². The molecule has 0 saturated carbocycles. The Morgan fingerprint density at radius 3 is 2.64 bits per heavy atom. The second-order valence-corrected chi connectivity index (χ2v) is 8.01. The van der Waals surface area contributed by atoms with E-state index in [1.54, 1.807) is 6.20 Å². The van der Waals surface area contributed by atoms with Crippen molar-refractivity contribution in [3.05, 3.63) is 78.1 Å². The van der Waals surface area contributed by atoms with Crippen LogP contribution >= 0.6 is 12.2 Å². The van der Waals surface area contributed by atoms with Gasteiger partial charge in [0.15, 0.2) is 5.11 Å². The van der Waals surface area contributed by atoms with Crippen molar-refractivity contribution in [3.63, 3.8) is 0 Å². The Balaban J connectivity index is 1.85. The summed E-state index contributed by atoms with van der Waals surface area (Å²) in [4.78, 5) is 11.3. The normalized spacial score (nSPS) is 19.3. The van der Waals surface area contributed by atoms with E-state index in [2.05, 4.69) is 69.8 Å². The number of aromatic nitrogens is 3. The van der Waals surface area contributed by atoms with Crippen molar-refractivity contribution in [1.82, 2.24) is 24.8 Å². The number of rotatable bonds is 5. The minimum absolute atomic E-state index is 0.00262. The van der Waals surface area contributed by atoms with E-state index in [4.69, 9.17) is 12.2 Å². The molecule has 0 bridgehead atoms. The average molecular weight is 392 g/mol. The molecular weight excluding hydrogens is 366 g/mol. The molecule has 0 unspecified atom stereocenters. The minimum atomic E-state index is -0.00262. The van der Waals surface area contributed by atoms with Crippen molar-refractivity contribution >= 4 is 17.3 Å². The third-order valence-electron chi connectivity index (χ3n) is 5.07. The van der Waals surface area contributed by atoms with E-state index in [0.29, 0.717) is 5.92 Å². The van der Waals surface area contributed by atoms with Crippen molar-refractivity contribution < 1.29 is 0 Å². The lowest BCUT2D eigenvalue weighted by molar-refractivity contribution is 0.280. The zero-order valence-corrected chi connectivity index (χ0v) is 17.2. The van der Waals surface area contributed by atoms with Crippen LogP contribution in [0.5, 0.6) is 0 Å². The van der Waals surface area contributed by atoms with Gasteiger partial charge in [-0.15, -0.1) is 0 Å². The number of nitrogens with zero attached hydrogens (tertiary/aromatic N) is 4. The molecular formula is C22H25N5S. The Labute approximate surface area is 171 Å². The van der Waals surface area contributed by atoms with Gasteiger partial charge in [-0.25, -0.2) is 0 Å². The largest absolute Gasteiger partial charge is 0.352 e. The molecule has 4 heterocycles. The van der Waals surface area contributed by atoms with Crippen LogP contribution in [0.1, 0.15) is 43.0 Å². The van der Waals surface area contributed by atoms with Crippen LogP contribution in [-0.4, -0.2) is 31.1 Å². The maximum Gasteiger partial charge on any atom is 0.170 e. The highest BCUT2D eigenvalue weighted by Gasteiger charge is 2.41. The van der Waals surface area contributed by atoms with Crippen LogP contribution in [0.15, 0.2) is 61.1 Å². The smallest absolute Gasteiger partial charge is 0.170 e. The van der Waals surface area contributed by atoms with E-state index < -0.39 is 0 Å². The highest BCUT2D eigenvalue weighted by molar-refractivity contribution is 7.80. The predicted molar refractivity (Wildman–Crippen MR) is 115 cm³/mol. The standard InChI is InChI=1S/C22H25N5S/c1-15(2)14-26-21(20(25-22(26)28)18-8-4-5-12-24-18)19-10-9-16(3)27(19)17-7-6-11-23-13-17/h4-13,15,20-21H,14H2,1-3H3,(H,25,28)/t20-,21-/m1/s1. The van der Waals surface area contributed by atoms with Crippen molar-refractivity contribution in [2.24, 2.45) is 5.92 Å². The van der Waals surface area contributed by atoms with Gasteiger partial charge in [-0.2, -0.15) is 0 Å². The SMILES string of the molecule is Cc1ccc([C@@H]2[C@@H](c3ccccn3)NC(=S)N2CC(C)C)n1-c1cccnc1. The molecule has 0 amide bonds. The Bertz CT molecular complexity index is 952. The fourth-order valence-corrected chi connectivity index (χ4v) is 4.26. The van der Waals surface area contributed by atoms with Gasteiger partial charge in [0, 0.05) is 30.3 Å². The van der Waals surface area contributed by atoms with Crippen molar-refractivity contribution in [2.45, 2.75) is 32.9 Å². The summed E-state index contributed by atoms with van der Waals surface area (Å²) in [6, 6.07) is 14.5. The second-order valence-electron chi connectivity index (χ2n) is 7.62. The molecule has 3 aromatic rings. The fraction of sp³-hybridized carbons (Fsp3) is 0.318. The molecule has 0 aliphatic carbocycles. The van der Waals surface area contributed by atoms with Gasteiger partial charge in [-0.1, -0.05) is 19.9 Å². The molecule has 1 N–H and O–H groups in total. The highest BCUT2D eigenvalue weighted by Crippen LogP contribution is 2.40. The zero-order chi connectivity index (χ0) is 19.7. The number of aryl methyl sites for hydroxylation is 1. The summed E-state index contributed by atoms with van der Waals surface area (Å²) in [5.41, 5.74) is 4.42. The van der Waals surface area contributed by atoms with Gasteiger partial charge in [-0.3, -0.25) is 9.97 Å². The summed E-state index contributed by atoms with van der Waals surface area (Å²) < 4.78 is 2.27. The molecule has 1 fully saturated rings. The first-order valence-corrected chi connectivity index (χ1v) is 10.0. The van der Waals surface area contributed by atoms with Crippen molar-refractivity contribution in [2.75, 3.05) is 6.54 Å². The Kier molecular flexibility index (Phi) is 5.13. The van der Waals surface area contributed by atoms with Gasteiger partial charge in [-0.05, 0) is 61.5 Å². The van der Waals surface area contributed by atoms with Crippen LogP contribution in [0.3, 0.4) is 0 Å². The molecule has 1 saturated heterocycles. The lowest BCUT2D eigenvalue weighted by Gasteiger charge is -2.30. The van der Waals surface area contributed by atoms with Crippen LogP contribution in [0.4, 0.5) is 0 Å². The van der Waals surface area contributed by atoms with Crippen LogP contribution in [0.25, 0.3) is 5.69 Å². The first kappa shape index (κ1) is 18.6. The molecule has 0 radical (unpaired) electrons. The van der Waals surface area contributed by atoms with Crippen LogP contribution in [0, 0.1) is 12.8 Å². The number of hydrogen-bond donors (Lipinski definition) is 1. The first-order chi connectivity index (χ1) is 13.6. The summed E-state index contributed by atoms with van der Waals surface area (Å²) in [5.74, 6) is 0.493. The Morgan fingerprint density at radius 1 is 1.11 bits per heavy atom. The zero-order valence-electron chi connectivity index (χ0n) is 16.4. The molecule has 28 heavy (non-hydrogen) atoms. The van der Waals surface area contributed by atoms with Gasteiger partial charge in [0.1, 0.15) is 0 Å². The average Bonchev–Trinajstić information content (AvgIpc) is 3.23. The van der Waals surface area contributed by atoms with Crippen molar-refractivity contribution in [3.8, 4) is 5.69 Å². The van der Waals surface area contributed by atoms with Gasteiger partial charge < -0.3 is 14.8 Å². The Hall–Kier alpha value is -2.73. The van der Waals surface area contributed by atoms with Crippen LogP contribution in [-0.2, 0) is 0 Å². The molecule has 3 aromatic heterocycles. The summed E-state index contributed by atoms with van der Waals surface area (Å²) in [7, 11) is 0. The number of thiocarbonyl (C=S) groups is 1. The first-order valence-electron chi connectivity index (χ1n) is 9.63. The summed E-state index contributed by atoms with van der Waals surface area (Å²) in [6.07, 6.45) is 5.55. The molecule has 1 aliphatic heterocycles. The molecule has 4 rings (SSSR count). The molecule has 1 aliphatic rings. The van der Waals surface area contributed by atoms with Crippen LogP contribution in [0.2, 0.25) is 0 Å².